The van der Waals surface area contributed by atoms with Crippen LogP contribution >= 0.6 is 0 Å². The summed E-state index contributed by atoms with van der Waals surface area (Å²) >= 11 is 0. The Kier molecular flexibility index (Phi) is 4.57. The van der Waals surface area contributed by atoms with Crippen LogP contribution in [0, 0.1) is 11.8 Å². The molecule has 2 amide bonds. The molecule has 1 aromatic rings. The van der Waals surface area contributed by atoms with Crippen LogP contribution < -0.4 is 4.74 Å². The fourth-order valence-corrected chi connectivity index (χ4v) is 5.12. The molecule has 0 radical (unpaired) electrons. The minimum absolute atomic E-state index is 0.0489. The van der Waals surface area contributed by atoms with Crippen molar-refractivity contribution in [2.75, 3.05) is 32.8 Å². The number of hydrogen-bond donors (Lipinski definition) is 0. The van der Waals surface area contributed by atoms with Crippen molar-refractivity contribution in [2.24, 2.45) is 11.8 Å². The summed E-state index contributed by atoms with van der Waals surface area (Å²) in [6.07, 6.45) is 3.41. The molecule has 1 aromatic carbocycles. The van der Waals surface area contributed by atoms with Crippen molar-refractivity contribution in [3.63, 3.8) is 0 Å². The van der Waals surface area contributed by atoms with Gasteiger partial charge in [0, 0.05) is 13.1 Å². The molecule has 0 N–H and O–H groups in total. The highest BCUT2D eigenvalue weighted by Gasteiger charge is 2.67. The van der Waals surface area contributed by atoms with Gasteiger partial charge >= 0.3 is 0 Å². The maximum atomic E-state index is 13.5. The standard InChI is InChI=1S/C22H25FN2O4/c23-15-7-10-24(11-8-15)20(26)18-17-6-9-22(29-17)14-25(21(27)19(18)22)12-13-28-16-4-2-1-3-5-16/h1-6,9,15,17-19H,7-8,10-14H2/t17-,18-,19-,22-/m0/s1. The summed E-state index contributed by atoms with van der Waals surface area (Å²) in [5.74, 6) is -0.367. The molecule has 4 aliphatic rings. The molecule has 4 atom stereocenters. The van der Waals surface area contributed by atoms with E-state index < -0.39 is 23.6 Å². The van der Waals surface area contributed by atoms with Gasteiger partial charge in [-0.3, -0.25) is 9.59 Å². The minimum Gasteiger partial charge on any atom is -0.492 e. The van der Waals surface area contributed by atoms with Crippen LogP contribution in [0.4, 0.5) is 4.39 Å². The summed E-state index contributed by atoms with van der Waals surface area (Å²) in [6.45, 7) is 2.10. The van der Waals surface area contributed by atoms with Gasteiger partial charge in [0.25, 0.3) is 0 Å². The lowest BCUT2D eigenvalue weighted by Gasteiger charge is -2.33. The van der Waals surface area contributed by atoms with E-state index in [0.717, 1.165) is 5.75 Å². The van der Waals surface area contributed by atoms with E-state index in [9.17, 15) is 14.0 Å². The molecule has 1 spiro atoms. The zero-order valence-electron chi connectivity index (χ0n) is 16.2. The van der Waals surface area contributed by atoms with Gasteiger partial charge in [-0.2, -0.15) is 0 Å². The van der Waals surface area contributed by atoms with E-state index in [2.05, 4.69) is 0 Å². The lowest BCUT2D eigenvalue weighted by Crippen LogP contribution is -2.48. The van der Waals surface area contributed by atoms with E-state index >= 15 is 0 Å². The first-order valence-electron chi connectivity index (χ1n) is 10.3. The quantitative estimate of drug-likeness (QED) is 0.708. The van der Waals surface area contributed by atoms with Gasteiger partial charge in [0.15, 0.2) is 0 Å². The molecule has 0 aromatic heterocycles. The number of para-hydroxylation sites is 1. The molecular weight excluding hydrogens is 375 g/mol. The molecule has 6 nitrogen and oxygen atoms in total. The Morgan fingerprint density at radius 1 is 1.24 bits per heavy atom. The van der Waals surface area contributed by atoms with Crippen LogP contribution in [0.1, 0.15) is 12.8 Å². The van der Waals surface area contributed by atoms with E-state index in [-0.39, 0.29) is 17.9 Å². The Bertz CT molecular complexity index is 823. The number of fused-ring (bicyclic) bond motifs is 1. The normalized spacial score (nSPS) is 33.4. The lowest BCUT2D eigenvalue weighted by molar-refractivity contribution is -0.144. The number of nitrogens with zero attached hydrogens (tertiary/aromatic N) is 2. The third-order valence-electron chi connectivity index (χ3n) is 6.57. The topological polar surface area (TPSA) is 59.1 Å². The average Bonchev–Trinajstić information content (AvgIpc) is 3.37. The van der Waals surface area contributed by atoms with E-state index in [1.807, 2.05) is 42.5 Å². The SMILES string of the molecule is O=C([C@H]1[C@@H]2C=C[C@@]3(CN(CCOc4ccccc4)C(=O)[C@H]13)O2)N1CCC(F)CC1. The predicted octanol–water partition coefficient (Wildman–Crippen LogP) is 1.81. The number of carbonyl (C=O) groups is 2. The summed E-state index contributed by atoms with van der Waals surface area (Å²) in [4.78, 5) is 29.8. The van der Waals surface area contributed by atoms with Crippen molar-refractivity contribution < 1.29 is 23.5 Å². The third kappa shape index (κ3) is 3.12. The van der Waals surface area contributed by atoms with Crippen LogP contribution in [0.5, 0.6) is 5.75 Å². The van der Waals surface area contributed by atoms with Crippen molar-refractivity contribution in [1.82, 2.24) is 9.80 Å². The zero-order chi connectivity index (χ0) is 20.0. The Morgan fingerprint density at radius 2 is 2.00 bits per heavy atom. The van der Waals surface area contributed by atoms with Crippen LogP contribution in [0.3, 0.4) is 0 Å². The molecule has 5 rings (SSSR count). The van der Waals surface area contributed by atoms with E-state index in [0.29, 0.717) is 45.6 Å². The van der Waals surface area contributed by atoms with Gasteiger partial charge in [0.05, 0.1) is 31.0 Å². The number of amides is 2. The fraction of sp³-hybridized carbons (Fsp3) is 0.545. The number of carbonyl (C=O) groups excluding carboxylic acids is 2. The number of hydrogen-bond acceptors (Lipinski definition) is 4. The van der Waals surface area contributed by atoms with Crippen LogP contribution in [-0.2, 0) is 14.3 Å². The van der Waals surface area contributed by atoms with E-state index in [4.69, 9.17) is 9.47 Å². The number of halogens is 1. The second-order valence-electron chi connectivity index (χ2n) is 8.32. The molecule has 0 saturated carbocycles. The smallest absolute Gasteiger partial charge is 0.230 e. The van der Waals surface area contributed by atoms with Gasteiger partial charge in [-0.15, -0.1) is 0 Å². The maximum absolute atomic E-state index is 13.5. The molecule has 4 heterocycles. The summed E-state index contributed by atoms with van der Waals surface area (Å²) in [5.41, 5.74) is -0.715. The Labute approximate surface area is 169 Å². The van der Waals surface area contributed by atoms with Crippen molar-refractivity contribution in [3.05, 3.63) is 42.5 Å². The third-order valence-corrected chi connectivity index (χ3v) is 6.57. The van der Waals surface area contributed by atoms with Gasteiger partial charge < -0.3 is 19.3 Å². The molecule has 3 saturated heterocycles. The molecule has 29 heavy (non-hydrogen) atoms. The van der Waals surface area contributed by atoms with Crippen molar-refractivity contribution in [3.8, 4) is 5.75 Å². The molecule has 0 unspecified atom stereocenters. The number of alkyl halides is 1. The van der Waals surface area contributed by atoms with Gasteiger partial charge in [0.1, 0.15) is 24.1 Å². The van der Waals surface area contributed by atoms with Gasteiger partial charge in [-0.1, -0.05) is 30.4 Å². The number of benzene rings is 1. The number of piperidine rings is 1. The second kappa shape index (κ2) is 7.13. The Hall–Kier alpha value is -2.41. The number of rotatable bonds is 5. The monoisotopic (exact) mass is 400 g/mol. The first-order valence-corrected chi connectivity index (χ1v) is 10.3. The Balaban J connectivity index is 1.27. The number of likely N-dealkylation sites (tertiary alicyclic amines) is 2. The van der Waals surface area contributed by atoms with Gasteiger partial charge in [-0.25, -0.2) is 4.39 Å². The van der Waals surface area contributed by atoms with E-state index in [1.54, 1.807) is 9.80 Å². The summed E-state index contributed by atoms with van der Waals surface area (Å²) in [6, 6.07) is 9.48. The predicted molar refractivity (Wildman–Crippen MR) is 103 cm³/mol. The van der Waals surface area contributed by atoms with Crippen LogP contribution in [-0.4, -0.2) is 72.3 Å². The van der Waals surface area contributed by atoms with Crippen molar-refractivity contribution in [2.45, 2.75) is 30.7 Å². The Morgan fingerprint density at radius 3 is 2.76 bits per heavy atom. The zero-order valence-corrected chi connectivity index (χ0v) is 16.2. The summed E-state index contributed by atoms with van der Waals surface area (Å²) in [5, 5.41) is 0. The first kappa shape index (κ1) is 18.6. The van der Waals surface area contributed by atoms with Crippen molar-refractivity contribution >= 4 is 11.8 Å². The summed E-state index contributed by atoms with van der Waals surface area (Å²) < 4.78 is 25.4. The van der Waals surface area contributed by atoms with Crippen LogP contribution in [0.25, 0.3) is 0 Å². The van der Waals surface area contributed by atoms with Gasteiger partial charge in [-0.05, 0) is 25.0 Å². The lowest BCUT2D eigenvalue weighted by atomic mass is 9.76. The van der Waals surface area contributed by atoms with Gasteiger partial charge in [0.2, 0.25) is 11.8 Å². The highest BCUT2D eigenvalue weighted by atomic mass is 19.1. The fourth-order valence-electron chi connectivity index (χ4n) is 5.12. The van der Waals surface area contributed by atoms with Crippen LogP contribution in [0.15, 0.2) is 42.5 Å². The first-order chi connectivity index (χ1) is 14.1. The summed E-state index contributed by atoms with van der Waals surface area (Å²) in [7, 11) is 0. The number of ether oxygens (including phenoxy) is 2. The maximum Gasteiger partial charge on any atom is 0.230 e. The molecular formula is C22H25FN2O4. The highest BCUT2D eigenvalue weighted by Crippen LogP contribution is 2.52. The van der Waals surface area contributed by atoms with Crippen molar-refractivity contribution in [1.29, 1.82) is 0 Å². The molecule has 154 valence electrons. The second-order valence-corrected chi connectivity index (χ2v) is 8.32. The molecule has 2 bridgehead atoms. The molecule has 0 aliphatic carbocycles. The average molecular weight is 400 g/mol. The van der Waals surface area contributed by atoms with E-state index in [1.165, 1.54) is 0 Å². The molecule has 7 heteroatoms. The highest BCUT2D eigenvalue weighted by molar-refractivity contribution is 5.93. The molecule has 4 aliphatic heterocycles. The molecule has 3 fully saturated rings. The minimum atomic E-state index is -0.838. The largest absolute Gasteiger partial charge is 0.492 e. The van der Waals surface area contributed by atoms with Crippen LogP contribution in [0.2, 0.25) is 0 Å².